The van der Waals surface area contributed by atoms with Gasteiger partial charge in [0.1, 0.15) is 11.6 Å². The summed E-state index contributed by atoms with van der Waals surface area (Å²) in [6, 6.07) is 13.4. The van der Waals surface area contributed by atoms with E-state index >= 15 is 0 Å². The lowest BCUT2D eigenvalue weighted by atomic mass is 10.1. The van der Waals surface area contributed by atoms with Crippen molar-refractivity contribution in [1.29, 1.82) is 0 Å². The summed E-state index contributed by atoms with van der Waals surface area (Å²) in [5.41, 5.74) is 0.992. The highest BCUT2D eigenvalue weighted by atomic mass is 32.2. The Morgan fingerprint density at radius 3 is 2.09 bits per heavy atom. The third-order valence-corrected chi connectivity index (χ3v) is 6.55. The zero-order valence-electron chi connectivity index (χ0n) is 17.8. The van der Waals surface area contributed by atoms with Gasteiger partial charge in [-0.1, -0.05) is 23.9 Å². The minimum atomic E-state index is -1.29. The van der Waals surface area contributed by atoms with Crippen LogP contribution in [0.3, 0.4) is 0 Å². The van der Waals surface area contributed by atoms with Crippen LogP contribution in [-0.4, -0.2) is 26.3 Å². The number of amides is 2. The second kappa shape index (κ2) is 9.03. The highest BCUT2D eigenvalue weighted by Crippen LogP contribution is 2.31. The largest absolute Gasteiger partial charge is 0.290 e. The summed E-state index contributed by atoms with van der Waals surface area (Å²) in [5.74, 6) is -5.04. The van der Waals surface area contributed by atoms with E-state index in [1.54, 1.807) is 28.8 Å². The molecule has 2 amide bonds. The Kier molecular flexibility index (Phi) is 5.89. The molecule has 176 valence electrons. The molecule has 35 heavy (non-hydrogen) atoms. The molecule has 0 saturated heterocycles. The van der Waals surface area contributed by atoms with Crippen molar-refractivity contribution in [2.45, 2.75) is 17.5 Å². The number of rotatable bonds is 6. The van der Waals surface area contributed by atoms with Crippen LogP contribution in [0.15, 0.2) is 72.0 Å². The molecular weight excluding hydrogens is 482 g/mol. The molecule has 1 aliphatic heterocycles. The van der Waals surface area contributed by atoms with Crippen LogP contribution in [0.1, 0.15) is 32.0 Å². The number of hydrogen-bond acceptors (Lipinski definition) is 4. The van der Waals surface area contributed by atoms with Crippen molar-refractivity contribution in [2.24, 2.45) is 0 Å². The van der Waals surface area contributed by atoms with Gasteiger partial charge in [-0.25, -0.2) is 22.5 Å². The summed E-state index contributed by atoms with van der Waals surface area (Å²) in [7, 11) is 0. The molecule has 5 nitrogen and oxygen atoms in total. The predicted octanol–water partition coefficient (Wildman–Crippen LogP) is 5.52. The van der Waals surface area contributed by atoms with Gasteiger partial charge < -0.3 is 0 Å². The summed E-state index contributed by atoms with van der Waals surface area (Å²) >= 11 is 0.927. The maximum Gasteiger partial charge on any atom is 0.261 e. The van der Waals surface area contributed by atoms with Gasteiger partial charge in [-0.15, -0.1) is 0 Å². The van der Waals surface area contributed by atoms with Gasteiger partial charge in [-0.3, -0.25) is 19.1 Å². The fraction of sp³-hybridized carbons (Fsp3) is 0.0800. The molecule has 3 aromatic carbocycles. The molecule has 0 saturated carbocycles. The number of imidazole rings is 1. The van der Waals surface area contributed by atoms with E-state index in [0.29, 0.717) is 17.4 Å². The van der Waals surface area contributed by atoms with E-state index in [1.165, 1.54) is 30.5 Å². The molecule has 0 radical (unpaired) electrons. The average molecular weight is 497 g/mol. The summed E-state index contributed by atoms with van der Waals surface area (Å²) in [6.45, 7) is -0.139. The summed E-state index contributed by atoms with van der Waals surface area (Å²) in [5, 5.41) is 0.256. The van der Waals surface area contributed by atoms with Gasteiger partial charge in [-0.05, 0) is 48.5 Å². The molecule has 0 N–H and O–H groups in total. The molecular formula is C25H15F4N3O2S. The molecule has 10 heteroatoms. The standard InChI is InChI=1S/C25H15F4N3O2S/c26-14-5-7-15(8-6-14)32-16(12-31-23(33)17-3-1-2-4-18(17)24(31)34)11-30-25(32)35-13-19-20(27)9-10-21(28)22(19)29/h1-11H,12-13H2. The molecule has 0 spiro atoms. The fourth-order valence-corrected chi connectivity index (χ4v) is 4.85. The predicted molar refractivity (Wildman–Crippen MR) is 120 cm³/mol. The fourth-order valence-electron chi connectivity index (χ4n) is 3.83. The smallest absolute Gasteiger partial charge is 0.261 e. The molecule has 1 aliphatic rings. The van der Waals surface area contributed by atoms with Crippen LogP contribution < -0.4 is 0 Å². The van der Waals surface area contributed by atoms with Crippen molar-refractivity contribution >= 4 is 23.6 Å². The van der Waals surface area contributed by atoms with Gasteiger partial charge in [0.2, 0.25) is 0 Å². The maximum atomic E-state index is 14.1. The zero-order valence-corrected chi connectivity index (χ0v) is 18.7. The highest BCUT2D eigenvalue weighted by molar-refractivity contribution is 7.98. The summed E-state index contributed by atoms with van der Waals surface area (Å²) in [6.07, 6.45) is 1.42. The van der Waals surface area contributed by atoms with Gasteiger partial charge in [0.25, 0.3) is 11.8 Å². The van der Waals surface area contributed by atoms with E-state index in [2.05, 4.69) is 4.98 Å². The van der Waals surface area contributed by atoms with E-state index in [9.17, 15) is 27.2 Å². The Labute approximate surface area is 201 Å². The number of halogens is 4. The van der Waals surface area contributed by atoms with Crippen molar-refractivity contribution < 1.29 is 27.2 Å². The molecule has 0 aliphatic carbocycles. The van der Waals surface area contributed by atoms with Crippen LogP contribution >= 0.6 is 11.8 Å². The molecule has 0 atom stereocenters. The topological polar surface area (TPSA) is 55.2 Å². The van der Waals surface area contributed by atoms with Gasteiger partial charge in [0.15, 0.2) is 16.8 Å². The van der Waals surface area contributed by atoms with E-state index in [1.807, 2.05) is 0 Å². The Balaban J connectivity index is 1.50. The van der Waals surface area contributed by atoms with Gasteiger partial charge in [-0.2, -0.15) is 0 Å². The summed E-state index contributed by atoms with van der Waals surface area (Å²) < 4.78 is 57.0. The van der Waals surface area contributed by atoms with Gasteiger partial charge >= 0.3 is 0 Å². The Hall–Kier alpha value is -3.92. The van der Waals surface area contributed by atoms with E-state index in [4.69, 9.17) is 0 Å². The Bertz CT molecular complexity index is 1440. The van der Waals surface area contributed by atoms with Crippen LogP contribution in [0.25, 0.3) is 5.69 Å². The molecule has 4 aromatic rings. The highest BCUT2D eigenvalue weighted by Gasteiger charge is 2.36. The first-order valence-electron chi connectivity index (χ1n) is 10.4. The van der Waals surface area contributed by atoms with Gasteiger partial charge in [0, 0.05) is 17.0 Å². The third kappa shape index (κ3) is 4.10. The second-order valence-electron chi connectivity index (χ2n) is 7.70. The lowest BCUT2D eigenvalue weighted by Gasteiger charge is -2.17. The van der Waals surface area contributed by atoms with E-state index < -0.39 is 40.6 Å². The summed E-state index contributed by atoms with van der Waals surface area (Å²) in [4.78, 5) is 31.0. The number of fused-ring (bicyclic) bond motifs is 1. The number of imide groups is 1. The number of aromatic nitrogens is 2. The van der Waals surface area contributed by atoms with Crippen LogP contribution in [0.2, 0.25) is 0 Å². The quantitative estimate of drug-likeness (QED) is 0.152. The minimum Gasteiger partial charge on any atom is -0.290 e. The number of nitrogens with zero attached hydrogens (tertiary/aromatic N) is 3. The second-order valence-corrected chi connectivity index (χ2v) is 8.64. The van der Waals surface area contributed by atoms with Crippen LogP contribution in [0, 0.1) is 23.3 Å². The Morgan fingerprint density at radius 1 is 0.800 bits per heavy atom. The first-order chi connectivity index (χ1) is 16.8. The lowest BCUT2D eigenvalue weighted by molar-refractivity contribution is 0.0639. The van der Waals surface area contributed by atoms with Crippen molar-refractivity contribution in [3.05, 3.63) is 113 Å². The van der Waals surface area contributed by atoms with Crippen molar-refractivity contribution in [1.82, 2.24) is 14.5 Å². The molecule has 0 unspecified atom stereocenters. The first-order valence-corrected chi connectivity index (χ1v) is 11.4. The molecule has 0 fully saturated rings. The molecule has 0 bridgehead atoms. The third-order valence-electron chi connectivity index (χ3n) is 5.57. The molecule has 2 heterocycles. The number of carbonyl (C=O) groups is 2. The zero-order chi connectivity index (χ0) is 24.7. The monoisotopic (exact) mass is 497 g/mol. The number of benzene rings is 3. The van der Waals surface area contributed by atoms with Crippen molar-refractivity contribution in [3.8, 4) is 5.69 Å². The van der Waals surface area contributed by atoms with E-state index in [-0.39, 0.29) is 28.6 Å². The minimum absolute atomic E-state index is 0.139. The molecule has 1 aromatic heterocycles. The molecule has 5 rings (SSSR count). The lowest BCUT2D eigenvalue weighted by Crippen LogP contribution is -2.30. The van der Waals surface area contributed by atoms with Crippen LogP contribution in [0.5, 0.6) is 0 Å². The van der Waals surface area contributed by atoms with E-state index in [0.717, 1.165) is 22.7 Å². The number of hydrogen-bond donors (Lipinski definition) is 0. The number of carbonyl (C=O) groups excluding carboxylic acids is 2. The van der Waals surface area contributed by atoms with Crippen molar-refractivity contribution in [3.63, 3.8) is 0 Å². The number of thioether (sulfide) groups is 1. The van der Waals surface area contributed by atoms with Crippen LogP contribution in [-0.2, 0) is 12.3 Å². The van der Waals surface area contributed by atoms with Crippen LogP contribution in [0.4, 0.5) is 17.6 Å². The first kappa shape index (κ1) is 22.9. The normalized spacial score (nSPS) is 13.0. The van der Waals surface area contributed by atoms with Crippen molar-refractivity contribution in [2.75, 3.05) is 0 Å². The SMILES string of the molecule is O=C1c2ccccc2C(=O)N1Cc1cnc(SCc2c(F)ccc(F)c2F)n1-c1ccc(F)cc1. The Morgan fingerprint density at radius 2 is 1.43 bits per heavy atom. The van der Waals surface area contributed by atoms with Gasteiger partial charge in [0.05, 0.1) is 29.6 Å². The maximum absolute atomic E-state index is 14.1. The average Bonchev–Trinajstić information content (AvgIpc) is 3.36.